The molecule has 0 bridgehead atoms. The molecule has 0 saturated heterocycles. The predicted octanol–water partition coefficient (Wildman–Crippen LogP) is 1.48. The monoisotopic (exact) mass is 257 g/mol. The molecule has 0 fully saturated rings. The van der Waals surface area contributed by atoms with Gasteiger partial charge in [0.05, 0.1) is 5.75 Å². The van der Waals surface area contributed by atoms with Gasteiger partial charge in [0.25, 0.3) is 0 Å². The van der Waals surface area contributed by atoms with Crippen molar-refractivity contribution < 1.29 is 13.5 Å². The van der Waals surface area contributed by atoms with Gasteiger partial charge in [-0.15, -0.1) is 0 Å². The van der Waals surface area contributed by atoms with E-state index in [1.54, 1.807) is 12.1 Å². The minimum Gasteiger partial charge on any atom is -0.508 e. The van der Waals surface area contributed by atoms with Crippen molar-refractivity contribution in [1.82, 2.24) is 5.32 Å². The van der Waals surface area contributed by atoms with Gasteiger partial charge in [-0.1, -0.05) is 12.1 Å². The van der Waals surface area contributed by atoms with E-state index in [1.165, 1.54) is 6.26 Å². The molecule has 0 aliphatic heterocycles. The number of nitrogens with one attached hydrogen (secondary N) is 1. The molecule has 0 saturated carbocycles. The molecule has 0 radical (unpaired) electrons. The number of sulfone groups is 1. The van der Waals surface area contributed by atoms with Gasteiger partial charge in [0.1, 0.15) is 15.6 Å². The summed E-state index contributed by atoms with van der Waals surface area (Å²) in [5, 5.41) is 12.4. The van der Waals surface area contributed by atoms with Crippen LogP contribution < -0.4 is 5.32 Å². The lowest BCUT2D eigenvalue weighted by atomic mass is 10.1. The van der Waals surface area contributed by atoms with Crippen molar-refractivity contribution >= 4 is 9.84 Å². The Labute approximate surface area is 103 Å². The summed E-state index contributed by atoms with van der Waals surface area (Å²) in [7, 11) is -2.96. The van der Waals surface area contributed by atoms with E-state index in [9.17, 15) is 13.5 Å². The molecule has 2 unspecified atom stereocenters. The van der Waals surface area contributed by atoms with E-state index in [-0.39, 0.29) is 23.6 Å². The van der Waals surface area contributed by atoms with Crippen molar-refractivity contribution in [2.24, 2.45) is 0 Å². The van der Waals surface area contributed by atoms with Gasteiger partial charge in [-0.05, 0) is 31.5 Å². The van der Waals surface area contributed by atoms with Crippen molar-refractivity contribution in [3.8, 4) is 5.75 Å². The van der Waals surface area contributed by atoms with Crippen LogP contribution in [0.1, 0.15) is 25.5 Å². The van der Waals surface area contributed by atoms with Crippen LogP contribution in [-0.4, -0.2) is 31.6 Å². The molecule has 2 N–H and O–H groups in total. The topological polar surface area (TPSA) is 66.4 Å². The second-order valence-corrected chi connectivity index (χ2v) is 6.66. The fourth-order valence-electron chi connectivity index (χ4n) is 1.79. The van der Waals surface area contributed by atoms with Gasteiger partial charge in [-0.3, -0.25) is 0 Å². The molecule has 5 heteroatoms. The molecule has 0 heterocycles. The maximum atomic E-state index is 11.1. The van der Waals surface area contributed by atoms with Crippen LogP contribution in [0.5, 0.6) is 5.75 Å². The summed E-state index contributed by atoms with van der Waals surface area (Å²) in [6, 6.07) is 6.82. The maximum Gasteiger partial charge on any atom is 0.148 e. The summed E-state index contributed by atoms with van der Waals surface area (Å²) in [5.41, 5.74) is 1.02. The molecular weight excluding hydrogens is 238 g/mol. The largest absolute Gasteiger partial charge is 0.508 e. The third-order valence-corrected chi connectivity index (χ3v) is 3.59. The fraction of sp³-hybridized carbons (Fsp3) is 0.500. The number of hydrogen-bond acceptors (Lipinski definition) is 4. The smallest absolute Gasteiger partial charge is 0.148 e. The summed E-state index contributed by atoms with van der Waals surface area (Å²) in [4.78, 5) is 0. The molecular formula is C12H19NO3S. The average Bonchev–Trinajstić information content (AvgIpc) is 2.15. The van der Waals surface area contributed by atoms with Gasteiger partial charge in [0, 0.05) is 18.3 Å². The van der Waals surface area contributed by atoms with Crippen molar-refractivity contribution in [3.05, 3.63) is 29.8 Å². The lowest BCUT2D eigenvalue weighted by Crippen LogP contribution is -2.34. The molecule has 2 atom stereocenters. The van der Waals surface area contributed by atoms with Crippen molar-refractivity contribution in [2.75, 3.05) is 12.0 Å². The van der Waals surface area contributed by atoms with Gasteiger partial charge in [0.15, 0.2) is 0 Å². The predicted molar refractivity (Wildman–Crippen MR) is 68.8 cm³/mol. The summed E-state index contributed by atoms with van der Waals surface area (Å²) in [6.07, 6.45) is 1.23. The quantitative estimate of drug-likeness (QED) is 0.838. The minimum absolute atomic E-state index is 0.0485. The average molecular weight is 257 g/mol. The lowest BCUT2D eigenvalue weighted by Gasteiger charge is -2.19. The number of phenolic OH excluding ortho intramolecular Hbond substituents is 1. The van der Waals surface area contributed by atoms with Gasteiger partial charge in [-0.2, -0.15) is 0 Å². The van der Waals surface area contributed by atoms with E-state index in [1.807, 2.05) is 26.0 Å². The second kappa shape index (κ2) is 5.51. The van der Waals surface area contributed by atoms with Crippen LogP contribution in [0, 0.1) is 0 Å². The zero-order chi connectivity index (χ0) is 13.1. The first-order valence-corrected chi connectivity index (χ1v) is 7.56. The van der Waals surface area contributed by atoms with Gasteiger partial charge in [-0.25, -0.2) is 8.42 Å². The zero-order valence-electron chi connectivity index (χ0n) is 10.3. The Morgan fingerprint density at radius 1 is 1.24 bits per heavy atom. The molecule has 0 aliphatic rings. The first-order chi connectivity index (χ1) is 7.78. The highest BCUT2D eigenvalue weighted by Gasteiger charge is 2.13. The fourth-order valence-corrected chi connectivity index (χ4v) is 2.79. The molecule has 0 amide bonds. The molecule has 17 heavy (non-hydrogen) atoms. The van der Waals surface area contributed by atoms with Gasteiger partial charge < -0.3 is 10.4 Å². The van der Waals surface area contributed by atoms with E-state index < -0.39 is 9.84 Å². The van der Waals surface area contributed by atoms with Gasteiger partial charge in [0.2, 0.25) is 0 Å². The van der Waals surface area contributed by atoms with E-state index in [0.29, 0.717) is 0 Å². The third kappa shape index (κ3) is 5.19. The highest BCUT2D eigenvalue weighted by molar-refractivity contribution is 7.90. The number of rotatable bonds is 5. The van der Waals surface area contributed by atoms with Crippen molar-refractivity contribution in [2.45, 2.75) is 25.9 Å². The standard InChI is InChI=1S/C12H19NO3S/c1-9(8-17(3,15)16)13-10(2)11-4-6-12(14)7-5-11/h4-7,9-10,13-14H,8H2,1-3H3. The van der Waals surface area contributed by atoms with Crippen LogP contribution in [0.2, 0.25) is 0 Å². The highest BCUT2D eigenvalue weighted by atomic mass is 32.2. The molecule has 1 aromatic rings. The minimum atomic E-state index is -2.96. The van der Waals surface area contributed by atoms with Crippen LogP contribution in [-0.2, 0) is 9.84 Å². The second-order valence-electron chi connectivity index (χ2n) is 4.47. The SMILES string of the molecule is CC(CS(C)(=O)=O)NC(C)c1ccc(O)cc1. The normalized spacial score (nSPS) is 15.5. The van der Waals surface area contributed by atoms with Crippen molar-refractivity contribution in [1.29, 1.82) is 0 Å². The van der Waals surface area contributed by atoms with E-state index >= 15 is 0 Å². The van der Waals surface area contributed by atoms with Crippen LogP contribution >= 0.6 is 0 Å². The van der Waals surface area contributed by atoms with E-state index in [0.717, 1.165) is 5.56 Å². The summed E-state index contributed by atoms with van der Waals surface area (Å²) in [6.45, 7) is 3.81. The van der Waals surface area contributed by atoms with Crippen molar-refractivity contribution in [3.63, 3.8) is 0 Å². The summed E-state index contributed by atoms with van der Waals surface area (Å²) in [5.74, 6) is 0.347. The Hall–Kier alpha value is -1.07. The molecule has 0 spiro atoms. The first kappa shape index (κ1) is 14.0. The Morgan fingerprint density at radius 3 is 2.24 bits per heavy atom. The van der Waals surface area contributed by atoms with Crippen LogP contribution in [0.15, 0.2) is 24.3 Å². The molecule has 0 aromatic heterocycles. The first-order valence-electron chi connectivity index (χ1n) is 5.50. The third-order valence-electron chi connectivity index (χ3n) is 2.48. The lowest BCUT2D eigenvalue weighted by molar-refractivity contribution is 0.473. The van der Waals surface area contributed by atoms with Crippen LogP contribution in [0.3, 0.4) is 0 Å². The molecule has 4 nitrogen and oxygen atoms in total. The molecule has 1 rings (SSSR count). The maximum absolute atomic E-state index is 11.1. The number of aromatic hydroxyl groups is 1. The Balaban J connectivity index is 2.60. The summed E-state index contributed by atoms with van der Waals surface area (Å²) < 4.78 is 22.3. The van der Waals surface area contributed by atoms with E-state index in [2.05, 4.69) is 5.32 Å². The Morgan fingerprint density at radius 2 is 1.76 bits per heavy atom. The highest BCUT2D eigenvalue weighted by Crippen LogP contribution is 2.16. The molecule has 96 valence electrons. The Kier molecular flexibility index (Phi) is 4.54. The van der Waals surface area contributed by atoms with E-state index in [4.69, 9.17) is 0 Å². The zero-order valence-corrected chi connectivity index (χ0v) is 11.2. The number of phenols is 1. The molecule has 0 aliphatic carbocycles. The molecule has 1 aromatic carbocycles. The Bertz CT molecular complexity index is 453. The van der Waals surface area contributed by atoms with Crippen LogP contribution in [0.4, 0.5) is 0 Å². The van der Waals surface area contributed by atoms with Gasteiger partial charge >= 0.3 is 0 Å². The number of hydrogen-bond donors (Lipinski definition) is 2. The van der Waals surface area contributed by atoms with Crippen LogP contribution in [0.25, 0.3) is 0 Å². The summed E-state index contributed by atoms with van der Waals surface area (Å²) >= 11 is 0. The number of benzene rings is 1.